The summed E-state index contributed by atoms with van der Waals surface area (Å²) < 4.78 is 59.1. The molecular formula is C64H123N12O18P. The number of carbonyl (C=O) groups excluding carboxylic acids is 7. The van der Waals surface area contributed by atoms with E-state index in [9.17, 15) is 53.4 Å². The van der Waals surface area contributed by atoms with Crippen molar-refractivity contribution in [2.75, 3.05) is 125 Å². The van der Waals surface area contributed by atoms with Crippen LogP contribution < -0.4 is 48.7 Å². The van der Waals surface area contributed by atoms with Crippen LogP contribution in [0, 0.1) is 0 Å². The molecule has 31 heteroatoms. The third kappa shape index (κ3) is 41.4. The molecule has 2 fully saturated rings. The van der Waals surface area contributed by atoms with Crippen LogP contribution in [-0.4, -0.2) is 246 Å². The van der Waals surface area contributed by atoms with Crippen molar-refractivity contribution in [3.05, 3.63) is 0 Å². The van der Waals surface area contributed by atoms with E-state index in [1.165, 1.54) is 6.92 Å². The molecule has 7 amide bonds. The molecule has 4 unspecified atom stereocenters. The number of nitrogens with two attached hydrogens (primary N) is 2. The maximum Gasteiger partial charge on any atom is 0.457 e. The number of unbranched alkanes of at least 4 members (excludes halogenated alkanes) is 11. The Bertz CT molecular complexity index is 2220. The standard InChI is InChI=1S/C64H123N12O18P/c1-49(2)93-95(87,94-63(4,5)6)74-62-75(7)39-40-76(62)38-20-15-14-19-33-67-52(79)25-16-12-10-8-9-11-13-17-27-57(84)73-64(46-88-42-28-54(81)68-34-22-31-65,47-89-43-29-55(82)69-35-23-32-66)48-90-44-30-56(83)71-37-24-36-70-53(80)26-18-21-41-91-61-58(72-50(3)78)60(86)59(85)51(45-77)92-61/h49,51,58-61,77,85-86H,8-48,65-66H2,1-7H3,(H,67,79)(H,68,81)(H,69,82)(H,70,80)(H,71,83)(H,72,78)(H,73,84)/b74-62+/t51?,58?,59-,60?,61+,95?/m0/s1. The third-order valence-electron chi connectivity index (χ3n) is 15.2. The van der Waals surface area contributed by atoms with Gasteiger partial charge in [0.1, 0.15) is 29.9 Å². The number of nitrogens with one attached hydrogen (secondary N) is 7. The quantitative estimate of drug-likeness (QED) is 0.0307. The van der Waals surface area contributed by atoms with Gasteiger partial charge < -0.3 is 97.5 Å². The monoisotopic (exact) mass is 1380 g/mol. The van der Waals surface area contributed by atoms with Crippen molar-refractivity contribution >= 4 is 55.1 Å². The maximum absolute atomic E-state index is 13.7. The number of aliphatic hydroxyl groups is 3. The number of rotatable bonds is 56. The zero-order valence-electron chi connectivity index (χ0n) is 58.4. The van der Waals surface area contributed by atoms with Crippen LogP contribution in [0.3, 0.4) is 0 Å². The summed E-state index contributed by atoms with van der Waals surface area (Å²) in [6.07, 6.45) is 9.18. The SMILES string of the molecule is CC(=O)NC1C(O)[C@@H](O)C(CO)O[C@H]1OCCCCC(=O)NCCCNC(=O)CCOCC(COCCC(=O)NCCCN)(COCCC(=O)NCCCN)NC(=O)CCCCCCCCCCC(=O)NCCCCCCN1CCN(C)/C1=N\P(=O)(OC(C)C)OC(C)(C)C. The zero-order valence-corrected chi connectivity index (χ0v) is 59.3. The largest absolute Gasteiger partial charge is 0.457 e. The van der Waals surface area contributed by atoms with Gasteiger partial charge in [0.05, 0.1) is 58.0 Å². The number of carbonyl (C=O) groups is 7. The molecule has 2 aliphatic heterocycles. The number of likely N-dealkylation sites (N-methyl/N-ethyl adjacent to an activating group) is 1. The van der Waals surface area contributed by atoms with Crippen molar-refractivity contribution < 1.29 is 86.2 Å². The highest BCUT2D eigenvalue weighted by Crippen LogP contribution is 2.54. The Morgan fingerprint density at radius 1 is 0.600 bits per heavy atom. The molecule has 95 heavy (non-hydrogen) atoms. The number of hydrogen-bond acceptors (Lipinski definition) is 20. The molecule has 0 spiro atoms. The molecule has 2 saturated heterocycles. The van der Waals surface area contributed by atoms with E-state index in [1.807, 2.05) is 46.6 Å². The Hall–Kier alpha value is -4.69. The molecule has 0 aromatic carbocycles. The molecule has 0 aliphatic carbocycles. The molecule has 2 aliphatic rings. The van der Waals surface area contributed by atoms with Crippen molar-refractivity contribution in [3.8, 4) is 0 Å². The van der Waals surface area contributed by atoms with Gasteiger partial charge in [0.15, 0.2) is 6.29 Å². The lowest BCUT2D eigenvalue weighted by molar-refractivity contribution is -0.270. The Kier molecular flexibility index (Phi) is 46.0. The first kappa shape index (κ1) is 86.4. The van der Waals surface area contributed by atoms with Crippen molar-refractivity contribution in [1.82, 2.24) is 47.0 Å². The summed E-state index contributed by atoms with van der Waals surface area (Å²) in [7, 11) is -1.81. The summed E-state index contributed by atoms with van der Waals surface area (Å²) in [6.45, 7) is 14.9. The second-order valence-electron chi connectivity index (χ2n) is 25.8. The molecule has 6 atom stereocenters. The average Bonchev–Trinajstić information content (AvgIpc) is 1.76. The van der Waals surface area contributed by atoms with Crippen LogP contribution in [0.25, 0.3) is 0 Å². The zero-order chi connectivity index (χ0) is 70.3. The number of ether oxygens (including phenoxy) is 5. The van der Waals surface area contributed by atoms with Crippen LogP contribution in [0.5, 0.6) is 0 Å². The Labute approximate surface area is 564 Å². The summed E-state index contributed by atoms with van der Waals surface area (Å²) >= 11 is 0. The third-order valence-corrected chi connectivity index (χ3v) is 17.1. The minimum atomic E-state index is -3.74. The van der Waals surface area contributed by atoms with Gasteiger partial charge in [-0.25, -0.2) is 4.57 Å². The molecule has 0 saturated carbocycles. The number of nitrogens with zero attached hydrogens (tertiary/aromatic N) is 3. The number of aliphatic hydroxyl groups excluding tert-OH is 3. The van der Waals surface area contributed by atoms with E-state index in [1.54, 1.807) is 0 Å². The van der Waals surface area contributed by atoms with E-state index in [0.717, 1.165) is 90.3 Å². The lowest BCUT2D eigenvalue weighted by atomic mass is 9.97. The highest BCUT2D eigenvalue weighted by Gasteiger charge is 2.45. The number of guanidine groups is 1. The number of amides is 7. The first-order valence-electron chi connectivity index (χ1n) is 34.7. The fraction of sp³-hybridized carbons (Fsp3) is 0.875. The second-order valence-corrected chi connectivity index (χ2v) is 27.3. The first-order chi connectivity index (χ1) is 45.3. The normalized spacial score (nSPS) is 18.6. The molecule has 2 rings (SSSR count). The fourth-order valence-corrected chi connectivity index (χ4v) is 12.1. The predicted molar refractivity (Wildman–Crippen MR) is 360 cm³/mol. The highest BCUT2D eigenvalue weighted by atomic mass is 31.2. The van der Waals surface area contributed by atoms with Crippen molar-refractivity contribution in [2.45, 2.75) is 237 Å². The fourth-order valence-electron chi connectivity index (χ4n) is 10.2. The van der Waals surface area contributed by atoms with Gasteiger partial charge in [-0.1, -0.05) is 51.4 Å². The average molecular weight is 1380 g/mol. The summed E-state index contributed by atoms with van der Waals surface area (Å²) in [5, 5.41) is 50.1. The van der Waals surface area contributed by atoms with E-state index in [2.05, 4.69) is 46.9 Å². The minimum absolute atomic E-state index is 0.0167. The van der Waals surface area contributed by atoms with Crippen LogP contribution in [-0.2, 0) is 70.9 Å². The van der Waals surface area contributed by atoms with Crippen molar-refractivity contribution in [2.24, 2.45) is 16.2 Å². The summed E-state index contributed by atoms with van der Waals surface area (Å²) in [5.74, 6) is -0.977. The smallest absolute Gasteiger partial charge is 0.394 e. The van der Waals surface area contributed by atoms with Crippen LogP contribution in [0.1, 0.15) is 189 Å². The molecule has 0 aromatic rings. The molecule has 30 nitrogen and oxygen atoms in total. The Morgan fingerprint density at radius 2 is 1.04 bits per heavy atom. The molecule has 0 aromatic heterocycles. The van der Waals surface area contributed by atoms with Gasteiger partial charge in [-0.2, -0.15) is 0 Å². The number of hydrogen-bond donors (Lipinski definition) is 12. The Morgan fingerprint density at radius 3 is 1.52 bits per heavy atom. The van der Waals surface area contributed by atoms with Gasteiger partial charge in [-0.05, 0) is 105 Å². The van der Waals surface area contributed by atoms with Crippen molar-refractivity contribution in [1.29, 1.82) is 0 Å². The predicted octanol–water partition coefficient (Wildman–Crippen LogP) is 2.27. The van der Waals surface area contributed by atoms with Crippen LogP contribution in [0.15, 0.2) is 4.76 Å². The lowest BCUT2D eigenvalue weighted by Crippen LogP contribution is -2.64. The molecular weight excluding hydrogens is 1260 g/mol. The maximum atomic E-state index is 13.7. The van der Waals surface area contributed by atoms with Gasteiger partial charge in [-0.15, -0.1) is 4.76 Å². The Balaban J connectivity index is 1.80. The van der Waals surface area contributed by atoms with Crippen LogP contribution >= 0.6 is 7.75 Å². The molecule has 0 bridgehead atoms. The molecule has 2 heterocycles. The second kappa shape index (κ2) is 50.6. The van der Waals surface area contributed by atoms with E-state index < -0.39 is 62.0 Å². The first-order valence-corrected chi connectivity index (χ1v) is 36.2. The van der Waals surface area contributed by atoms with Gasteiger partial charge in [0.2, 0.25) is 47.3 Å². The van der Waals surface area contributed by atoms with Gasteiger partial charge >= 0.3 is 7.75 Å². The molecule has 552 valence electrons. The summed E-state index contributed by atoms with van der Waals surface area (Å²) in [4.78, 5) is 92.5. The van der Waals surface area contributed by atoms with Crippen molar-refractivity contribution in [3.63, 3.8) is 0 Å². The van der Waals surface area contributed by atoms with E-state index in [0.29, 0.717) is 90.2 Å². The molecule has 0 radical (unpaired) electrons. The minimum Gasteiger partial charge on any atom is -0.394 e. The van der Waals surface area contributed by atoms with Gasteiger partial charge in [0, 0.05) is 111 Å². The van der Waals surface area contributed by atoms with E-state index >= 15 is 0 Å². The molecule has 14 N–H and O–H groups in total. The van der Waals surface area contributed by atoms with Gasteiger partial charge in [0.25, 0.3) is 0 Å². The highest BCUT2D eigenvalue weighted by molar-refractivity contribution is 7.52. The van der Waals surface area contributed by atoms with E-state index in [4.69, 9.17) is 44.2 Å². The lowest BCUT2D eigenvalue weighted by Gasteiger charge is -2.42. The van der Waals surface area contributed by atoms with Gasteiger partial charge in [-0.3, -0.25) is 42.6 Å². The van der Waals surface area contributed by atoms with Crippen LogP contribution in [0.4, 0.5) is 0 Å². The summed E-state index contributed by atoms with van der Waals surface area (Å²) in [6, 6.07) is -1.06. The summed E-state index contributed by atoms with van der Waals surface area (Å²) in [5.41, 5.74) is 9.20. The van der Waals surface area contributed by atoms with Crippen LogP contribution in [0.2, 0.25) is 0 Å². The topological polar surface area (TPSA) is 417 Å². The van der Waals surface area contributed by atoms with E-state index in [-0.39, 0.29) is 126 Å².